The summed E-state index contributed by atoms with van der Waals surface area (Å²) < 4.78 is 18.9. The van der Waals surface area contributed by atoms with E-state index in [4.69, 9.17) is 16.3 Å². The van der Waals surface area contributed by atoms with E-state index in [1.54, 1.807) is 12.4 Å². The Kier molecular flexibility index (Phi) is 6.18. The van der Waals surface area contributed by atoms with Crippen molar-refractivity contribution in [3.63, 3.8) is 0 Å². The maximum Gasteiger partial charge on any atom is 0.142 e. The van der Waals surface area contributed by atoms with Crippen LogP contribution in [0.1, 0.15) is 23.6 Å². The van der Waals surface area contributed by atoms with Gasteiger partial charge in [0.15, 0.2) is 0 Å². The molecule has 5 nitrogen and oxygen atoms in total. The van der Waals surface area contributed by atoms with Gasteiger partial charge in [-0.05, 0) is 31.2 Å². The molecule has 0 spiro atoms. The Bertz CT molecular complexity index is 709. The molecule has 0 saturated carbocycles. The number of halogens is 2. The molecule has 0 amide bonds. The number of aromatic nitrogens is 2. The van der Waals surface area contributed by atoms with Gasteiger partial charge in [0.25, 0.3) is 0 Å². The summed E-state index contributed by atoms with van der Waals surface area (Å²) in [6.07, 6.45) is 2.60. The molecule has 0 bridgehead atoms. The van der Waals surface area contributed by atoms with Gasteiger partial charge in [0.2, 0.25) is 0 Å². The Morgan fingerprint density at radius 3 is 3.00 bits per heavy atom. The summed E-state index contributed by atoms with van der Waals surface area (Å²) in [5.41, 5.74) is 1.93. The Labute approximate surface area is 152 Å². The fourth-order valence-electron chi connectivity index (χ4n) is 2.86. The summed E-state index contributed by atoms with van der Waals surface area (Å²) >= 11 is 5.71. The van der Waals surface area contributed by atoms with Gasteiger partial charge in [-0.2, -0.15) is 0 Å². The van der Waals surface area contributed by atoms with Crippen LogP contribution in [0.2, 0.25) is 5.02 Å². The van der Waals surface area contributed by atoms with Gasteiger partial charge in [0.05, 0.1) is 17.3 Å². The smallest absolute Gasteiger partial charge is 0.142 e. The molecule has 1 N–H and O–H groups in total. The molecule has 0 radical (unpaired) electrons. The Morgan fingerprint density at radius 2 is 2.24 bits per heavy atom. The maximum absolute atomic E-state index is 13.5. The molecule has 2 heterocycles. The zero-order chi connectivity index (χ0) is 17.6. The lowest BCUT2D eigenvalue weighted by Crippen LogP contribution is -2.25. The van der Waals surface area contributed by atoms with Crippen LogP contribution in [-0.4, -0.2) is 48.2 Å². The van der Waals surface area contributed by atoms with Crippen LogP contribution in [-0.2, 0) is 11.3 Å². The third-order valence-corrected chi connectivity index (χ3v) is 4.58. The normalized spacial score (nSPS) is 17.2. The minimum atomic E-state index is -0.380. The van der Waals surface area contributed by atoms with Crippen molar-refractivity contribution in [2.75, 3.05) is 38.7 Å². The average molecular weight is 365 g/mol. The highest BCUT2D eigenvalue weighted by Gasteiger charge is 2.19. The summed E-state index contributed by atoms with van der Waals surface area (Å²) in [4.78, 5) is 10.7. The number of nitrogens with one attached hydrogen (secondary N) is 1. The topological polar surface area (TPSA) is 50.3 Å². The third kappa shape index (κ3) is 5.11. The summed E-state index contributed by atoms with van der Waals surface area (Å²) in [5, 5.41) is 3.47. The van der Waals surface area contributed by atoms with E-state index in [1.807, 2.05) is 19.2 Å². The molecule has 1 aliphatic heterocycles. The standard InChI is InChI=1S/C18H22ClFN4O/c1-24(10-13-2-3-15(19)16(20)8-13)6-5-21-18-9-17(22-12-23-18)14-4-7-25-11-14/h2-3,8-9,12,14H,4-7,10-11H2,1H3,(H,21,22,23)/t14-/m1/s1. The van der Waals surface area contributed by atoms with Crippen LogP contribution < -0.4 is 5.32 Å². The van der Waals surface area contributed by atoms with E-state index >= 15 is 0 Å². The van der Waals surface area contributed by atoms with Crippen molar-refractivity contribution in [2.45, 2.75) is 18.9 Å². The Morgan fingerprint density at radius 1 is 1.36 bits per heavy atom. The molecule has 0 unspecified atom stereocenters. The molecule has 1 fully saturated rings. The number of nitrogens with zero attached hydrogens (tertiary/aromatic N) is 3. The molecule has 25 heavy (non-hydrogen) atoms. The first-order chi connectivity index (χ1) is 12.1. The number of benzene rings is 1. The quantitative estimate of drug-likeness (QED) is 0.816. The molecule has 1 saturated heterocycles. The Hall–Kier alpha value is -1.76. The first kappa shape index (κ1) is 18.0. The number of likely N-dealkylation sites (N-methyl/N-ethyl adjacent to an activating group) is 1. The van der Waals surface area contributed by atoms with Gasteiger partial charge < -0.3 is 15.0 Å². The average Bonchev–Trinajstić information content (AvgIpc) is 3.13. The highest BCUT2D eigenvalue weighted by molar-refractivity contribution is 6.30. The van der Waals surface area contributed by atoms with Gasteiger partial charge in [0, 0.05) is 38.2 Å². The zero-order valence-electron chi connectivity index (χ0n) is 14.2. The van der Waals surface area contributed by atoms with Crippen LogP contribution in [0.25, 0.3) is 0 Å². The van der Waals surface area contributed by atoms with E-state index < -0.39 is 0 Å². The molecule has 1 atom stereocenters. The van der Waals surface area contributed by atoms with Crippen molar-refractivity contribution in [3.8, 4) is 0 Å². The number of hydrogen-bond donors (Lipinski definition) is 1. The lowest BCUT2D eigenvalue weighted by Gasteiger charge is -2.17. The molecule has 3 rings (SSSR count). The van der Waals surface area contributed by atoms with Crippen LogP contribution in [0.5, 0.6) is 0 Å². The first-order valence-electron chi connectivity index (χ1n) is 8.38. The van der Waals surface area contributed by atoms with Crippen LogP contribution in [0.4, 0.5) is 10.2 Å². The maximum atomic E-state index is 13.5. The molecule has 1 aliphatic rings. The molecule has 134 valence electrons. The van der Waals surface area contributed by atoms with Crippen LogP contribution in [0, 0.1) is 5.82 Å². The van der Waals surface area contributed by atoms with Crippen molar-refractivity contribution >= 4 is 17.4 Å². The minimum Gasteiger partial charge on any atom is -0.381 e. The molecular formula is C18H22ClFN4O. The third-order valence-electron chi connectivity index (χ3n) is 4.27. The molecule has 2 aromatic rings. The highest BCUT2D eigenvalue weighted by Crippen LogP contribution is 2.24. The van der Waals surface area contributed by atoms with Gasteiger partial charge in [-0.15, -0.1) is 0 Å². The molecule has 1 aromatic carbocycles. The zero-order valence-corrected chi connectivity index (χ0v) is 15.0. The van der Waals surface area contributed by atoms with Crippen molar-refractivity contribution in [1.29, 1.82) is 0 Å². The minimum absolute atomic E-state index is 0.153. The monoisotopic (exact) mass is 364 g/mol. The highest BCUT2D eigenvalue weighted by atomic mass is 35.5. The number of hydrogen-bond acceptors (Lipinski definition) is 5. The first-order valence-corrected chi connectivity index (χ1v) is 8.75. The number of ether oxygens (including phenoxy) is 1. The van der Waals surface area contributed by atoms with E-state index in [1.165, 1.54) is 6.07 Å². The largest absolute Gasteiger partial charge is 0.381 e. The van der Waals surface area contributed by atoms with Crippen LogP contribution in [0.3, 0.4) is 0 Å². The lowest BCUT2D eigenvalue weighted by atomic mass is 10.1. The fraction of sp³-hybridized carbons (Fsp3) is 0.444. The molecular weight excluding hydrogens is 343 g/mol. The number of rotatable bonds is 7. The fourth-order valence-corrected chi connectivity index (χ4v) is 2.98. The summed E-state index contributed by atoms with van der Waals surface area (Å²) in [6.45, 7) is 3.73. The van der Waals surface area contributed by atoms with E-state index in [0.717, 1.165) is 49.8 Å². The van der Waals surface area contributed by atoms with E-state index in [9.17, 15) is 4.39 Å². The second-order valence-corrected chi connectivity index (χ2v) is 6.71. The van der Waals surface area contributed by atoms with E-state index in [-0.39, 0.29) is 10.8 Å². The van der Waals surface area contributed by atoms with Gasteiger partial charge in [0.1, 0.15) is 18.0 Å². The van der Waals surface area contributed by atoms with Crippen LogP contribution in [0.15, 0.2) is 30.6 Å². The van der Waals surface area contributed by atoms with Crippen molar-refractivity contribution in [1.82, 2.24) is 14.9 Å². The summed E-state index contributed by atoms with van der Waals surface area (Å²) in [5.74, 6) is 0.809. The van der Waals surface area contributed by atoms with Crippen LogP contribution >= 0.6 is 11.6 Å². The molecule has 1 aromatic heterocycles. The van der Waals surface area contributed by atoms with Gasteiger partial charge in [-0.1, -0.05) is 17.7 Å². The number of anilines is 1. The van der Waals surface area contributed by atoms with E-state index in [2.05, 4.69) is 20.2 Å². The summed E-state index contributed by atoms with van der Waals surface area (Å²) in [6, 6.07) is 6.91. The van der Waals surface area contributed by atoms with Gasteiger partial charge in [-0.3, -0.25) is 0 Å². The summed E-state index contributed by atoms with van der Waals surface area (Å²) in [7, 11) is 2.00. The second kappa shape index (κ2) is 8.56. The van der Waals surface area contributed by atoms with Crippen molar-refractivity contribution in [3.05, 3.63) is 52.7 Å². The van der Waals surface area contributed by atoms with Crippen molar-refractivity contribution < 1.29 is 9.13 Å². The van der Waals surface area contributed by atoms with Gasteiger partial charge >= 0.3 is 0 Å². The van der Waals surface area contributed by atoms with Crippen molar-refractivity contribution in [2.24, 2.45) is 0 Å². The predicted octanol–water partition coefficient (Wildman–Crippen LogP) is 3.32. The Balaban J connectivity index is 1.47. The lowest BCUT2D eigenvalue weighted by molar-refractivity contribution is 0.193. The SMILES string of the molecule is CN(CCNc1cc([C@@H]2CCOC2)ncn1)Cc1ccc(Cl)c(F)c1. The van der Waals surface area contributed by atoms with Gasteiger partial charge in [-0.25, -0.2) is 14.4 Å². The second-order valence-electron chi connectivity index (χ2n) is 6.30. The van der Waals surface area contributed by atoms with E-state index in [0.29, 0.717) is 12.5 Å². The molecule has 7 heteroatoms. The predicted molar refractivity (Wildman–Crippen MR) is 96.4 cm³/mol. The molecule has 0 aliphatic carbocycles.